The molecule has 110 valence electrons. The molecule has 2 rings (SSSR count). The van der Waals surface area contributed by atoms with Crippen LogP contribution in [-0.2, 0) is 7.05 Å². The topological polar surface area (TPSA) is 120 Å². The minimum absolute atomic E-state index is 0.0939. The lowest BCUT2D eigenvalue weighted by molar-refractivity contribution is -0.384. The summed E-state index contributed by atoms with van der Waals surface area (Å²) in [4.78, 5) is 10.2. The molecule has 3 N–H and O–H groups in total. The molecule has 0 bridgehead atoms. The number of hydrogen-bond donors (Lipinski definition) is 2. The molecule has 9 heteroatoms. The number of nitrogen functional groups attached to an aromatic ring is 1. The summed E-state index contributed by atoms with van der Waals surface area (Å²) in [5.41, 5.74) is 6.19. The molecule has 1 aromatic heterocycles. The molecule has 0 unspecified atom stereocenters. The molecule has 2 aromatic rings. The first-order valence-corrected chi connectivity index (χ1v) is 6.19. The summed E-state index contributed by atoms with van der Waals surface area (Å²) in [7, 11) is 1.61. The van der Waals surface area contributed by atoms with Crippen LogP contribution >= 0.6 is 11.6 Å². The van der Waals surface area contributed by atoms with E-state index in [9.17, 15) is 10.1 Å². The van der Waals surface area contributed by atoms with Gasteiger partial charge in [0.1, 0.15) is 11.4 Å². The average molecular weight is 310 g/mol. The number of aryl methyl sites for hydroxylation is 2. The van der Waals surface area contributed by atoms with Crippen molar-refractivity contribution >= 4 is 23.1 Å². The van der Waals surface area contributed by atoms with Gasteiger partial charge in [0.2, 0.25) is 5.88 Å². The smallest absolute Gasteiger partial charge is 0.273 e. The number of amidine groups is 1. The van der Waals surface area contributed by atoms with Gasteiger partial charge in [-0.2, -0.15) is 5.10 Å². The number of ether oxygens (including phenoxy) is 1. The van der Waals surface area contributed by atoms with E-state index < -0.39 is 4.92 Å². The fraction of sp³-hybridized carbons (Fsp3) is 0.167. The molecule has 0 aliphatic carbocycles. The molecule has 0 spiro atoms. The fourth-order valence-electron chi connectivity index (χ4n) is 1.85. The molecule has 8 nitrogen and oxygen atoms in total. The lowest BCUT2D eigenvalue weighted by Crippen LogP contribution is -2.13. The Morgan fingerprint density at radius 1 is 1.57 bits per heavy atom. The fourth-order valence-corrected chi connectivity index (χ4v) is 2.01. The first-order chi connectivity index (χ1) is 9.81. The van der Waals surface area contributed by atoms with Gasteiger partial charge in [-0.05, 0) is 13.0 Å². The minimum Gasteiger partial charge on any atom is -0.437 e. The molecule has 0 aliphatic rings. The van der Waals surface area contributed by atoms with E-state index in [2.05, 4.69) is 5.10 Å². The van der Waals surface area contributed by atoms with E-state index in [1.54, 1.807) is 14.0 Å². The molecule has 1 heterocycles. The molecule has 0 saturated carbocycles. The van der Waals surface area contributed by atoms with Crippen molar-refractivity contribution in [3.63, 3.8) is 0 Å². The first-order valence-electron chi connectivity index (χ1n) is 5.81. The number of halogens is 1. The molecular formula is C12H12ClN5O3. The van der Waals surface area contributed by atoms with Gasteiger partial charge in [0, 0.05) is 13.1 Å². The van der Waals surface area contributed by atoms with Crippen molar-refractivity contribution in [1.29, 1.82) is 5.41 Å². The Morgan fingerprint density at radius 3 is 2.81 bits per heavy atom. The lowest BCUT2D eigenvalue weighted by Gasteiger charge is -2.09. The zero-order valence-electron chi connectivity index (χ0n) is 11.3. The normalized spacial score (nSPS) is 10.4. The number of nitrogens with two attached hydrogens (primary N) is 1. The molecule has 0 atom stereocenters. The van der Waals surface area contributed by atoms with E-state index >= 15 is 0 Å². The maximum absolute atomic E-state index is 10.8. The molecule has 1 aromatic carbocycles. The summed E-state index contributed by atoms with van der Waals surface area (Å²) in [6.45, 7) is 1.68. The van der Waals surface area contributed by atoms with Crippen molar-refractivity contribution in [3.05, 3.63) is 44.6 Å². The summed E-state index contributed by atoms with van der Waals surface area (Å²) >= 11 is 5.98. The van der Waals surface area contributed by atoms with Crippen molar-refractivity contribution in [3.8, 4) is 11.6 Å². The number of benzene rings is 1. The molecule has 0 aliphatic heterocycles. The van der Waals surface area contributed by atoms with Crippen LogP contribution in [0.1, 0.15) is 11.3 Å². The first kappa shape index (κ1) is 14.8. The van der Waals surface area contributed by atoms with Crippen LogP contribution in [0.15, 0.2) is 18.2 Å². The van der Waals surface area contributed by atoms with Crippen molar-refractivity contribution in [1.82, 2.24) is 9.78 Å². The van der Waals surface area contributed by atoms with Crippen LogP contribution in [0.5, 0.6) is 11.6 Å². The zero-order chi connectivity index (χ0) is 15.7. The summed E-state index contributed by atoms with van der Waals surface area (Å²) in [6.07, 6.45) is 0. The van der Waals surface area contributed by atoms with Gasteiger partial charge in [-0.1, -0.05) is 11.6 Å². The summed E-state index contributed by atoms with van der Waals surface area (Å²) in [5, 5.41) is 22.7. The third kappa shape index (κ3) is 2.79. The van der Waals surface area contributed by atoms with Crippen LogP contribution in [0.4, 0.5) is 5.69 Å². The van der Waals surface area contributed by atoms with Crippen LogP contribution in [0.2, 0.25) is 5.02 Å². The minimum atomic E-state index is -0.552. The van der Waals surface area contributed by atoms with Gasteiger partial charge in [-0.25, -0.2) is 4.68 Å². The maximum atomic E-state index is 10.8. The Labute approximate surface area is 124 Å². The number of non-ortho nitro benzene ring substituents is 1. The summed E-state index contributed by atoms with van der Waals surface area (Å²) in [5.74, 6) is 0.0796. The van der Waals surface area contributed by atoms with Crippen LogP contribution < -0.4 is 10.5 Å². The molecule has 0 fully saturated rings. The Morgan fingerprint density at radius 2 is 2.24 bits per heavy atom. The molecular weight excluding hydrogens is 298 g/mol. The predicted molar refractivity (Wildman–Crippen MR) is 77.1 cm³/mol. The van der Waals surface area contributed by atoms with E-state index in [0.717, 1.165) is 0 Å². The van der Waals surface area contributed by atoms with Crippen molar-refractivity contribution < 1.29 is 9.66 Å². The van der Waals surface area contributed by atoms with E-state index in [4.69, 9.17) is 27.5 Å². The Hall–Kier alpha value is -2.61. The van der Waals surface area contributed by atoms with E-state index in [1.165, 1.54) is 22.9 Å². The number of nitrogens with zero attached hydrogens (tertiary/aromatic N) is 3. The maximum Gasteiger partial charge on any atom is 0.273 e. The van der Waals surface area contributed by atoms with Crippen molar-refractivity contribution in [2.24, 2.45) is 12.8 Å². The Balaban J connectivity index is 2.50. The van der Waals surface area contributed by atoms with Gasteiger partial charge in [-0.15, -0.1) is 0 Å². The third-order valence-corrected chi connectivity index (χ3v) is 3.08. The Bertz CT molecular complexity index is 741. The number of aromatic nitrogens is 2. The highest BCUT2D eigenvalue weighted by atomic mass is 35.5. The van der Waals surface area contributed by atoms with Crippen LogP contribution in [0.3, 0.4) is 0 Å². The highest BCUT2D eigenvalue weighted by molar-refractivity contribution is 6.32. The number of hydrogen-bond acceptors (Lipinski definition) is 5. The number of rotatable bonds is 4. The SMILES string of the molecule is Cc1nn(C)c(Oc2cc([N+](=O)[O-])ccc2Cl)c1C(=N)N. The van der Waals surface area contributed by atoms with Crippen LogP contribution in [0, 0.1) is 22.4 Å². The van der Waals surface area contributed by atoms with Gasteiger partial charge in [0.25, 0.3) is 5.69 Å². The van der Waals surface area contributed by atoms with Crippen LogP contribution in [-0.4, -0.2) is 20.5 Å². The van der Waals surface area contributed by atoms with Crippen molar-refractivity contribution in [2.45, 2.75) is 6.92 Å². The lowest BCUT2D eigenvalue weighted by atomic mass is 10.2. The van der Waals surface area contributed by atoms with E-state index in [0.29, 0.717) is 11.3 Å². The van der Waals surface area contributed by atoms with Gasteiger partial charge < -0.3 is 10.5 Å². The predicted octanol–water partition coefficient (Wildman–Crippen LogP) is 2.37. The largest absolute Gasteiger partial charge is 0.437 e. The Kier molecular flexibility index (Phi) is 3.81. The second-order valence-corrected chi connectivity index (χ2v) is 4.68. The number of nitrogens with one attached hydrogen (secondary N) is 1. The summed E-state index contributed by atoms with van der Waals surface area (Å²) in [6, 6.07) is 3.84. The zero-order valence-corrected chi connectivity index (χ0v) is 12.0. The standard InChI is InChI=1S/C12H12ClN5O3/c1-6-10(11(14)15)12(17(2)16-6)21-9-5-7(18(19)20)3-4-8(9)13/h3-5H,1-2H3,(H3,14,15). The quantitative estimate of drug-likeness (QED) is 0.389. The highest BCUT2D eigenvalue weighted by Crippen LogP contribution is 2.34. The van der Waals surface area contributed by atoms with Gasteiger partial charge in [0.15, 0.2) is 5.75 Å². The molecule has 0 radical (unpaired) electrons. The second kappa shape index (κ2) is 5.41. The van der Waals surface area contributed by atoms with Gasteiger partial charge in [-0.3, -0.25) is 15.5 Å². The van der Waals surface area contributed by atoms with E-state index in [-0.39, 0.29) is 28.2 Å². The molecule has 21 heavy (non-hydrogen) atoms. The average Bonchev–Trinajstić information content (AvgIpc) is 2.66. The summed E-state index contributed by atoms with van der Waals surface area (Å²) < 4.78 is 6.98. The van der Waals surface area contributed by atoms with Crippen LogP contribution in [0.25, 0.3) is 0 Å². The molecule has 0 saturated heterocycles. The number of nitro benzene ring substituents is 1. The van der Waals surface area contributed by atoms with Gasteiger partial charge >= 0.3 is 0 Å². The molecule has 0 amide bonds. The monoisotopic (exact) mass is 309 g/mol. The highest BCUT2D eigenvalue weighted by Gasteiger charge is 2.20. The van der Waals surface area contributed by atoms with Crippen molar-refractivity contribution in [2.75, 3.05) is 0 Å². The van der Waals surface area contributed by atoms with E-state index in [1.807, 2.05) is 0 Å². The van der Waals surface area contributed by atoms with Gasteiger partial charge in [0.05, 0.1) is 21.7 Å². The number of nitro groups is 1. The third-order valence-electron chi connectivity index (χ3n) is 2.77. The second-order valence-electron chi connectivity index (χ2n) is 4.28.